The van der Waals surface area contributed by atoms with Crippen LogP contribution in [0.4, 0.5) is 0 Å². The minimum absolute atomic E-state index is 0.0555. The summed E-state index contributed by atoms with van der Waals surface area (Å²) in [5.74, 6) is -0.0522. The molecule has 0 aromatic carbocycles. The van der Waals surface area contributed by atoms with E-state index in [-0.39, 0.29) is 29.7 Å². The van der Waals surface area contributed by atoms with Crippen LogP contribution in [0.1, 0.15) is 19.8 Å². The van der Waals surface area contributed by atoms with Crippen molar-refractivity contribution in [3.63, 3.8) is 0 Å². The third-order valence-electron chi connectivity index (χ3n) is 3.26. The number of nitrogens with one attached hydrogen (secondary N) is 1. The van der Waals surface area contributed by atoms with Crippen molar-refractivity contribution in [2.75, 3.05) is 18.1 Å². The van der Waals surface area contributed by atoms with Crippen molar-refractivity contribution < 1.29 is 18.3 Å². The molecule has 2 aliphatic heterocycles. The van der Waals surface area contributed by atoms with Crippen LogP contribution in [-0.4, -0.2) is 55.9 Å². The van der Waals surface area contributed by atoms with Gasteiger partial charge >= 0.3 is 0 Å². The van der Waals surface area contributed by atoms with Crippen LogP contribution >= 0.6 is 0 Å². The fourth-order valence-corrected chi connectivity index (χ4v) is 4.19. The van der Waals surface area contributed by atoms with Crippen molar-refractivity contribution in [2.24, 2.45) is 0 Å². The Kier molecular flexibility index (Phi) is 3.53. The predicted octanol–water partition coefficient (Wildman–Crippen LogP) is -0.699. The first-order valence-electron chi connectivity index (χ1n) is 5.72. The van der Waals surface area contributed by atoms with Crippen molar-refractivity contribution in [3.05, 3.63) is 0 Å². The summed E-state index contributed by atoms with van der Waals surface area (Å²) in [5.41, 5.74) is 0. The Labute approximate surface area is 96.1 Å². The van der Waals surface area contributed by atoms with Gasteiger partial charge in [0.2, 0.25) is 0 Å². The minimum Gasteiger partial charge on any atom is -0.390 e. The van der Waals surface area contributed by atoms with Crippen LogP contribution in [-0.2, 0) is 14.6 Å². The third kappa shape index (κ3) is 2.94. The fourth-order valence-electron chi connectivity index (χ4n) is 2.44. The highest BCUT2D eigenvalue weighted by atomic mass is 32.2. The van der Waals surface area contributed by atoms with Gasteiger partial charge < -0.3 is 15.2 Å². The Balaban J connectivity index is 1.90. The van der Waals surface area contributed by atoms with E-state index in [1.807, 2.05) is 6.92 Å². The third-order valence-corrected chi connectivity index (χ3v) is 4.97. The molecule has 0 aromatic heterocycles. The minimum atomic E-state index is -3.05. The van der Waals surface area contributed by atoms with Crippen LogP contribution in [0, 0.1) is 0 Å². The smallest absolute Gasteiger partial charge is 0.154 e. The Hall–Kier alpha value is -0.170. The molecule has 2 N–H and O–H groups in total. The van der Waals surface area contributed by atoms with E-state index in [0.717, 1.165) is 12.8 Å². The van der Waals surface area contributed by atoms with Crippen LogP contribution in [0.25, 0.3) is 0 Å². The van der Waals surface area contributed by atoms with E-state index in [1.165, 1.54) is 0 Å². The average Bonchev–Trinajstić information content (AvgIpc) is 2.39. The molecule has 2 saturated heterocycles. The van der Waals surface area contributed by atoms with Gasteiger partial charge in [0.1, 0.15) is 0 Å². The van der Waals surface area contributed by atoms with Crippen LogP contribution in [0.5, 0.6) is 0 Å². The van der Waals surface area contributed by atoms with E-state index < -0.39 is 15.9 Å². The summed E-state index contributed by atoms with van der Waals surface area (Å²) >= 11 is 0. The van der Waals surface area contributed by atoms with Gasteiger partial charge in [-0.2, -0.15) is 0 Å². The highest BCUT2D eigenvalue weighted by Gasteiger charge is 2.37. The SMILES string of the molecule is CC1CC(NC2CS(=O)(=O)CC2O)CCO1. The molecule has 4 atom stereocenters. The summed E-state index contributed by atoms with van der Waals surface area (Å²) in [6, 6.07) is -0.0444. The largest absolute Gasteiger partial charge is 0.390 e. The molecule has 0 radical (unpaired) electrons. The highest BCUT2D eigenvalue weighted by molar-refractivity contribution is 7.91. The average molecular weight is 249 g/mol. The van der Waals surface area contributed by atoms with Crippen molar-refractivity contribution in [3.8, 4) is 0 Å². The lowest BCUT2D eigenvalue weighted by molar-refractivity contribution is 0.00839. The van der Waals surface area contributed by atoms with Crippen molar-refractivity contribution in [1.82, 2.24) is 5.32 Å². The standard InChI is InChI=1S/C10H19NO4S/c1-7-4-8(2-3-15-7)11-9-5-16(13,14)6-10(9)12/h7-12H,2-6H2,1H3. The van der Waals surface area contributed by atoms with E-state index in [9.17, 15) is 13.5 Å². The first kappa shape index (κ1) is 12.3. The summed E-state index contributed by atoms with van der Waals surface area (Å²) in [7, 11) is -3.05. The summed E-state index contributed by atoms with van der Waals surface area (Å²) in [5, 5.41) is 12.9. The molecule has 94 valence electrons. The predicted molar refractivity (Wildman–Crippen MR) is 60.0 cm³/mol. The number of hydrogen-bond donors (Lipinski definition) is 2. The summed E-state index contributed by atoms with van der Waals surface area (Å²) in [6.07, 6.45) is 1.21. The fraction of sp³-hybridized carbons (Fsp3) is 1.00. The Morgan fingerprint density at radius 2 is 2.12 bits per heavy atom. The Bertz CT molecular complexity index is 343. The lowest BCUT2D eigenvalue weighted by atomic mass is 10.0. The first-order valence-corrected chi connectivity index (χ1v) is 7.54. The second-order valence-corrected chi connectivity index (χ2v) is 6.97. The van der Waals surface area contributed by atoms with Gasteiger partial charge in [0, 0.05) is 18.7 Å². The molecule has 0 saturated carbocycles. The van der Waals surface area contributed by atoms with Gasteiger partial charge in [-0.25, -0.2) is 8.42 Å². The number of aliphatic hydroxyl groups excluding tert-OH is 1. The van der Waals surface area contributed by atoms with Gasteiger partial charge in [-0.15, -0.1) is 0 Å². The van der Waals surface area contributed by atoms with Gasteiger partial charge in [0.05, 0.1) is 23.7 Å². The summed E-state index contributed by atoms with van der Waals surface area (Å²) in [6.45, 7) is 2.71. The zero-order chi connectivity index (χ0) is 11.8. The van der Waals surface area contributed by atoms with E-state index in [4.69, 9.17) is 4.74 Å². The maximum atomic E-state index is 11.3. The number of hydrogen-bond acceptors (Lipinski definition) is 5. The second-order valence-electron chi connectivity index (χ2n) is 4.82. The zero-order valence-electron chi connectivity index (χ0n) is 9.43. The lowest BCUT2D eigenvalue weighted by Crippen LogP contribution is -2.48. The molecule has 0 bridgehead atoms. The van der Waals surface area contributed by atoms with E-state index in [2.05, 4.69) is 5.32 Å². The normalized spacial score (nSPS) is 43.4. The molecule has 5 nitrogen and oxygen atoms in total. The van der Waals surface area contributed by atoms with Crippen molar-refractivity contribution in [2.45, 2.75) is 44.1 Å². The van der Waals surface area contributed by atoms with Gasteiger partial charge in [0.15, 0.2) is 9.84 Å². The molecule has 0 spiro atoms. The zero-order valence-corrected chi connectivity index (χ0v) is 10.2. The molecule has 2 aliphatic rings. The molecule has 0 amide bonds. The van der Waals surface area contributed by atoms with E-state index in [1.54, 1.807) is 0 Å². The lowest BCUT2D eigenvalue weighted by Gasteiger charge is -2.30. The molecule has 2 heterocycles. The second kappa shape index (κ2) is 4.60. The molecule has 6 heteroatoms. The molecule has 2 fully saturated rings. The molecular weight excluding hydrogens is 230 g/mol. The molecule has 0 aromatic rings. The number of ether oxygens (including phenoxy) is 1. The van der Waals surface area contributed by atoms with E-state index in [0.29, 0.717) is 6.61 Å². The number of sulfone groups is 1. The Morgan fingerprint density at radius 3 is 2.69 bits per heavy atom. The van der Waals surface area contributed by atoms with Gasteiger partial charge in [0.25, 0.3) is 0 Å². The monoisotopic (exact) mass is 249 g/mol. The van der Waals surface area contributed by atoms with Gasteiger partial charge in [-0.05, 0) is 19.8 Å². The topological polar surface area (TPSA) is 75.6 Å². The molecule has 0 aliphatic carbocycles. The molecule has 4 unspecified atom stereocenters. The molecule has 2 rings (SSSR count). The molecular formula is C10H19NO4S. The van der Waals surface area contributed by atoms with Crippen LogP contribution in [0.3, 0.4) is 0 Å². The summed E-state index contributed by atoms with van der Waals surface area (Å²) < 4.78 is 28.1. The van der Waals surface area contributed by atoms with Crippen LogP contribution in [0.15, 0.2) is 0 Å². The van der Waals surface area contributed by atoms with Gasteiger partial charge in [-0.3, -0.25) is 0 Å². The quantitative estimate of drug-likeness (QED) is 0.677. The van der Waals surface area contributed by atoms with Crippen molar-refractivity contribution in [1.29, 1.82) is 0 Å². The molecule has 16 heavy (non-hydrogen) atoms. The van der Waals surface area contributed by atoms with Gasteiger partial charge in [-0.1, -0.05) is 0 Å². The maximum Gasteiger partial charge on any atom is 0.154 e. The number of aliphatic hydroxyl groups is 1. The van der Waals surface area contributed by atoms with E-state index >= 15 is 0 Å². The number of rotatable bonds is 2. The summed E-state index contributed by atoms with van der Waals surface area (Å²) in [4.78, 5) is 0. The highest BCUT2D eigenvalue weighted by Crippen LogP contribution is 2.18. The first-order chi connectivity index (χ1) is 7.46. The maximum absolute atomic E-state index is 11.3. The Morgan fingerprint density at radius 1 is 1.38 bits per heavy atom. The van der Waals surface area contributed by atoms with Crippen LogP contribution < -0.4 is 5.32 Å². The van der Waals surface area contributed by atoms with Crippen molar-refractivity contribution >= 4 is 9.84 Å². The van der Waals surface area contributed by atoms with Crippen LogP contribution in [0.2, 0.25) is 0 Å².